The standard InChI is InChI=1S/C6BrClF3I/c7-1-3(9)2(8)4(10)5(11)6(1)12. The predicted molar refractivity (Wildman–Crippen MR) is 51.7 cm³/mol. The Morgan fingerprint density at radius 1 is 1.08 bits per heavy atom. The molecule has 0 unspecified atom stereocenters. The second-order valence-corrected chi connectivity index (χ2v) is 4.13. The Bertz CT molecular complexity index is 237. The fourth-order valence-electron chi connectivity index (χ4n) is 0.578. The average Bonchev–Trinajstić information content (AvgIpc) is 2.08. The quantitative estimate of drug-likeness (QED) is 0.366. The molecule has 0 aromatic heterocycles. The third kappa shape index (κ3) is 1.58. The maximum atomic E-state index is 12.8. The molecular weight excluding hydrogens is 371 g/mol. The summed E-state index contributed by atoms with van der Waals surface area (Å²) in [5.41, 5.74) is 0. The molecule has 0 amide bonds. The van der Waals surface area contributed by atoms with Crippen LogP contribution >= 0.6 is 50.1 Å². The van der Waals surface area contributed by atoms with Gasteiger partial charge >= 0.3 is 0 Å². The molecule has 1 aromatic carbocycles. The molecule has 0 bridgehead atoms. The van der Waals surface area contributed by atoms with Crippen LogP contribution in [0.2, 0.25) is 5.02 Å². The van der Waals surface area contributed by atoms with Crippen LogP contribution in [0.15, 0.2) is 4.47 Å². The van der Waals surface area contributed by atoms with Gasteiger partial charge in [-0.05, 0) is 38.5 Å². The largest absolute Gasteiger partial charge is 0.204 e. The molecule has 1 rings (SSSR count). The van der Waals surface area contributed by atoms with Crippen LogP contribution < -0.4 is 0 Å². The summed E-state index contributed by atoms with van der Waals surface area (Å²) in [4.78, 5) is 0. The van der Waals surface area contributed by atoms with Crippen molar-refractivity contribution in [2.75, 3.05) is 0 Å². The van der Waals surface area contributed by atoms with E-state index in [0.29, 0.717) is 0 Å². The molecule has 66 valence electrons. The van der Waals surface area contributed by atoms with E-state index in [2.05, 4.69) is 15.9 Å². The molecule has 0 aliphatic heterocycles. The van der Waals surface area contributed by atoms with E-state index in [9.17, 15) is 13.2 Å². The summed E-state index contributed by atoms with van der Waals surface area (Å²) < 4.78 is 38.0. The maximum absolute atomic E-state index is 12.8. The van der Waals surface area contributed by atoms with Gasteiger partial charge in [0, 0.05) is 0 Å². The molecule has 0 radical (unpaired) electrons. The van der Waals surface area contributed by atoms with Crippen LogP contribution in [0.5, 0.6) is 0 Å². The smallest absolute Gasteiger partial charge is 0.181 e. The summed E-state index contributed by atoms with van der Waals surface area (Å²) in [6.07, 6.45) is 0. The molecule has 1 aromatic rings. The van der Waals surface area contributed by atoms with E-state index in [-0.39, 0.29) is 8.04 Å². The number of halogens is 6. The monoisotopic (exact) mass is 370 g/mol. The Balaban J connectivity index is 3.60. The van der Waals surface area contributed by atoms with E-state index < -0.39 is 22.5 Å². The van der Waals surface area contributed by atoms with E-state index in [1.165, 1.54) is 22.6 Å². The van der Waals surface area contributed by atoms with Crippen LogP contribution in [0.1, 0.15) is 0 Å². The van der Waals surface area contributed by atoms with Gasteiger partial charge in [-0.1, -0.05) is 11.6 Å². The van der Waals surface area contributed by atoms with Gasteiger partial charge in [-0.25, -0.2) is 13.2 Å². The first kappa shape index (κ1) is 10.6. The first-order valence-electron chi connectivity index (χ1n) is 2.63. The summed E-state index contributed by atoms with van der Waals surface area (Å²) in [7, 11) is 0. The zero-order valence-electron chi connectivity index (χ0n) is 5.27. The normalized spacial score (nSPS) is 10.5. The minimum absolute atomic E-state index is 0.160. The Kier molecular flexibility index (Phi) is 3.27. The van der Waals surface area contributed by atoms with Crippen LogP contribution in [0.4, 0.5) is 13.2 Å². The maximum Gasteiger partial charge on any atom is 0.181 e. The topological polar surface area (TPSA) is 0 Å². The molecule has 0 aliphatic carbocycles. The fourth-order valence-corrected chi connectivity index (χ4v) is 1.72. The SMILES string of the molecule is Fc1c(F)c(I)c(Br)c(F)c1Cl. The number of rotatable bonds is 0. The number of benzene rings is 1. The van der Waals surface area contributed by atoms with E-state index in [0.717, 1.165) is 0 Å². The summed E-state index contributed by atoms with van der Waals surface area (Å²) in [6, 6.07) is 0. The molecule has 0 saturated heterocycles. The van der Waals surface area contributed by atoms with Crippen molar-refractivity contribution in [3.63, 3.8) is 0 Å². The molecule has 0 aliphatic rings. The number of hydrogen-bond donors (Lipinski definition) is 0. The summed E-state index contributed by atoms with van der Waals surface area (Å²) in [6.45, 7) is 0. The van der Waals surface area contributed by atoms with Crippen molar-refractivity contribution in [2.24, 2.45) is 0 Å². The zero-order valence-corrected chi connectivity index (χ0v) is 9.77. The van der Waals surface area contributed by atoms with Gasteiger partial charge in [0.25, 0.3) is 0 Å². The van der Waals surface area contributed by atoms with Crippen LogP contribution in [0.25, 0.3) is 0 Å². The second-order valence-electron chi connectivity index (χ2n) is 1.88. The lowest BCUT2D eigenvalue weighted by Gasteiger charge is -2.03. The molecule has 0 saturated carbocycles. The third-order valence-electron chi connectivity index (χ3n) is 1.16. The van der Waals surface area contributed by atoms with Crippen molar-refractivity contribution in [1.82, 2.24) is 0 Å². The van der Waals surface area contributed by atoms with Gasteiger partial charge in [-0.2, -0.15) is 0 Å². The molecule has 0 heterocycles. The predicted octanol–water partition coefficient (Wildman–Crippen LogP) is 4.12. The molecule has 0 N–H and O–H groups in total. The van der Waals surface area contributed by atoms with E-state index in [1.807, 2.05) is 0 Å². The van der Waals surface area contributed by atoms with Gasteiger partial charge in [-0.15, -0.1) is 0 Å². The summed E-state index contributed by atoms with van der Waals surface area (Å²) in [5.74, 6) is -3.49. The highest BCUT2D eigenvalue weighted by molar-refractivity contribution is 14.1. The van der Waals surface area contributed by atoms with E-state index in [4.69, 9.17) is 11.6 Å². The Morgan fingerprint density at radius 3 is 2.08 bits per heavy atom. The van der Waals surface area contributed by atoms with Crippen LogP contribution in [-0.4, -0.2) is 0 Å². The van der Waals surface area contributed by atoms with Gasteiger partial charge in [0.1, 0.15) is 5.02 Å². The molecule has 0 atom stereocenters. The Morgan fingerprint density at radius 2 is 1.58 bits per heavy atom. The molecule has 6 heteroatoms. The van der Waals surface area contributed by atoms with Gasteiger partial charge in [-0.3, -0.25) is 0 Å². The zero-order chi connectivity index (χ0) is 9.46. The van der Waals surface area contributed by atoms with Gasteiger partial charge in [0.05, 0.1) is 8.04 Å². The first-order chi connectivity index (χ1) is 5.46. The van der Waals surface area contributed by atoms with Crippen molar-refractivity contribution in [1.29, 1.82) is 0 Å². The Labute approximate surface area is 93.4 Å². The highest BCUT2D eigenvalue weighted by Crippen LogP contribution is 2.32. The summed E-state index contributed by atoms with van der Waals surface area (Å²) in [5, 5.41) is -0.834. The molecular formula is C6BrClF3I. The second kappa shape index (κ2) is 3.71. The van der Waals surface area contributed by atoms with Crippen molar-refractivity contribution >= 4 is 50.1 Å². The summed E-state index contributed by atoms with van der Waals surface area (Å²) >= 11 is 9.35. The van der Waals surface area contributed by atoms with Gasteiger partial charge < -0.3 is 0 Å². The third-order valence-corrected chi connectivity index (χ3v) is 3.99. The highest BCUT2D eigenvalue weighted by atomic mass is 127. The first-order valence-corrected chi connectivity index (χ1v) is 4.88. The highest BCUT2D eigenvalue weighted by Gasteiger charge is 2.20. The molecule has 0 fully saturated rings. The molecule has 0 spiro atoms. The van der Waals surface area contributed by atoms with Crippen LogP contribution in [-0.2, 0) is 0 Å². The van der Waals surface area contributed by atoms with Crippen molar-refractivity contribution in [2.45, 2.75) is 0 Å². The van der Waals surface area contributed by atoms with Crippen molar-refractivity contribution in [3.8, 4) is 0 Å². The number of hydrogen-bond acceptors (Lipinski definition) is 0. The minimum Gasteiger partial charge on any atom is -0.204 e. The van der Waals surface area contributed by atoms with Crippen LogP contribution in [0.3, 0.4) is 0 Å². The van der Waals surface area contributed by atoms with E-state index >= 15 is 0 Å². The van der Waals surface area contributed by atoms with Crippen molar-refractivity contribution in [3.05, 3.63) is 30.5 Å². The van der Waals surface area contributed by atoms with Gasteiger partial charge in [0.15, 0.2) is 17.5 Å². The fraction of sp³-hybridized carbons (Fsp3) is 0. The lowest BCUT2D eigenvalue weighted by molar-refractivity contribution is 0.488. The molecule has 12 heavy (non-hydrogen) atoms. The average molecular weight is 371 g/mol. The lowest BCUT2D eigenvalue weighted by Crippen LogP contribution is -1.96. The van der Waals surface area contributed by atoms with Crippen molar-refractivity contribution < 1.29 is 13.2 Å². The van der Waals surface area contributed by atoms with Crippen LogP contribution in [0, 0.1) is 21.0 Å². The molecule has 0 nitrogen and oxygen atoms in total. The van der Waals surface area contributed by atoms with E-state index in [1.54, 1.807) is 0 Å². The minimum atomic E-state index is -1.36. The van der Waals surface area contributed by atoms with Gasteiger partial charge in [0.2, 0.25) is 0 Å². The Hall–Kier alpha value is 0.510. The lowest BCUT2D eigenvalue weighted by atomic mass is 10.3.